The predicted molar refractivity (Wildman–Crippen MR) is 132 cm³/mol. The summed E-state index contributed by atoms with van der Waals surface area (Å²) in [4.78, 5) is 30.2. The van der Waals surface area contributed by atoms with Crippen LogP contribution in [0, 0.1) is 0 Å². The molecular weight excluding hydrogens is 446 g/mol. The van der Waals surface area contributed by atoms with Crippen LogP contribution in [0.5, 0.6) is 0 Å². The zero-order valence-corrected chi connectivity index (χ0v) is 19.3. The van der Waals surface area contributed by atoms with Crippen molar-refractivity contribution < 1.29 is 4.79 Å². The molecule has 1 aliphatic heterocycles. The third kappa shape index (κ3) is 5.04. The van der Waals surface area contributed by atoms with E-state index in [4.69, 9.17) is 4.98 Å². The van der Waals surface area contributed by atoms with Crippen LogP contribution in [0.15, 0.2) is 84.3 Å². The van der Waals surface area contributed by atoms with Crippen LogP contribution in [0.2, 0.25) is 0 Å². The van der Waals surface area contributed by atoms with E-state index < -0.39 is 0 Å². The lowest BCUT2D eigenvalue weighted by molar-refractivity contribution is -0.128. The molecule has 1 fully saturated rings. The van der Waals surface area contributed by atoms with Crippen LogP contribution in [0.4, 0.5) is 5.95 Å². The number of benzene rings is 2. The maximum Gasteiger partial charge on any atom is 0.233 e. The molecule has 0 N–H and O–H groups in total. The lowest BCUT2D eigenvalue weighted by atomic mass is 10.0. The summed E-state index contributed by atoms with van der Waals surface area (Å²) in [6, 6.07) is 21.6. The van der Waals surface area contributed by atoms with E-state index in [0.29, 0.717) is 37.3 Å². The Kier molecular flexibility index (Phi) is 6.71. The van der Waals surface area contributed by atoms with Gasteiger partial charge in [-0.1, -0.05) is 72.4 Å². The molecule has 5 rings (SSSR count). The molecule has 0 aliphatic carbocycles. The standard InChI is InChI=1S/C25H23N7OS/c33-21(31-14-16-32(17-15-31)24-26-12-7-13-27-24)18-34-25-28-22(19-8-3-1-4-9-19)23(29-30-25)20-10-5-2-6-11-20/h1-13H,14-18H2. The van der Waals surface area contributed by atoms with Gasteiger partial charge < -0.3 is 9.80 Å². The second kappa shape index (κ2) is 10.4. The van der Waals surface area contributed by atoms with Crippen molar-refractivity contribution in [3.05, 3.63) is 79.1 Å². The quantitative estimate of drug-likeness (QED) is 0.397. The first-order chi connectivity index (χ1) is 16.8. The molecule has 0 spiro atoms. The van der Waals surface area contributed by atoms with E-state index in [2.05, 4.69) is 25.1 Å². The fraction of sp³-hybridized carbons (Fsp3) is 0.200. The maximum atomic E-state index is 12.8. The highest BCUT2D eigenvalue weighted by Gasteiger charge is 2.23. The Bertz CT molecular complexity index is 1230. The molecule has 4 aromatic rings. The van der Waals surface area contributed by atoms with Crippen LogP contribution < -0.4 is 4.90 Å². The third-order valence-electron chi connectivity index (χ3n) is 5.55. The summed E-state index contributed by atoms with van der Waals surface area (Å²) in [7, 11) is 0. The van der Waals surface area contributed by atoms with Crippen molar-refractivity contribution in [1.82, 2.24) is 30.0 Å². The number of amides is 1. The van der Waals surface area contributed by atoms with Gasteiger partial charge in [-0.15, -0.1) is 10.2 Å². The van der Waals surface area contributed by atoms with Crippen molar-refractivity contribution >= 4 is 23.6 Å². The van der Waals surface area contributed by atoms with Gasteiger partial charge in [-0.2, -0.15) is 0 Å². The molecule has 1 aliphatic rings. The number of anilines is 1. The Balaban J connectivity index is 1.26. The Labute approximate surface area is 202 Å². The molecule has 0 bridgehead atoms. The molecule has 170 valence electrons. The van der Waals surface area contributed by atoms with E-state index >= 15 is 0 Å². The average Bonchev–Trinajstić information content (AvgIpc) is 2.93. The highest BCUT2D eigenvalue weighted by atomic mass is 32.2. The number of carbonyl (C=O) groups is 1. The Morgan fingerprint density at radius 3 is 2.03 bits per heavy atom. The molecule has 3 heterocycles. The van der Waals surface area contributed by atoms with Crippen molar-refractivity contribution in [2.24, 2.45) is 0 Å². The molecule has 0 atom stereocenters. The molecule has 1 saturated heterocycles. The summed E-state index contributed by atoms with van der Waals surface area (Å²) in [5.41, 5.74) is 3.40. The van der Waals surface area contributed by atoms with Crippen molar-refractivity contribution in [1.29, 1.82) is 0 Å². The predicted octanol–water partition coefficient (Wildman–Crippen LogP) is 3.44. The number of aromatic nitrogens is 5. The monoisotopic (exact) mass is 469 g/mol. The Hall–Kier alpha value is -3.85. The summed E-state index contributed by atoms with van der Waals surface area (Å²) in [6.45, 7) is 2.70. The Morgan fingerprint density at radius 1 is 0.765 bits per heavy atom. The van der Waals surface area contributed by atoms with E-state index in [-0.39, 0.29) is 11.7 Å². The van der Waals surface area contributed by atoms with Crippen LogP contribution in [0.25, 0.3) is 22.5 Å². The van der Waals surface area contributed by atoms with Gasteiger partial charge in [0.05, 0.1) is 5.75 Å². The highest BCUT2D eigenvalue weighted by Crippen LogP contribution is 2.29. The zero-order chi connectivity index (χ0) is 23.2. The van der Waals surface area contributed by atoms with Crippen LogP contribution >= 0.6 is 11.8 Å². The minimum Gasteiger partial charge on any atom is -0.338 e. The lowest BCUT2D eigenvalue weighted by Crippen LogP contribution is -2.49. The van der Waals surface area contributed by atoms with Gasteiger partial charge in [-0.3, -0.25) is 4.79 Å². The molecule has 8 nitrogen and oxygen atoms in total. The number of rotatable bonds is 6. The summed E-state index contributed by atoms with van der Waals surface area (Å²) in [5, 5.41) is 9.29. The van der Waals surface area contributed by atoms with Gasteiger partial charge in [0.25, 0.3) is 0 Å². The third-order valence-corrected chi connectivity index (χ3v) is 6.38. The molecule has 34 heavy (non-hydrogen) atoms. The van der Waals surface area contributed by atoms with E-state index in [1.165, 1.54) is 11.8 Å². The number of nitrogens with zero attached hydrogens (tertiary/aromatic N) is 7. The van der Waals surface area contributed by atoms with Gasteiger partial charge in [-0.25, -0.2) is 15.0 Å². The minimum atomic E-state index is 0.0654. The number of piperazine rings is 1. The summed E-state index contributed by atoms with van der Waals surface area (Å²) < 4.78 is 0. The normalized spacial score (nSPS) is 13.6. The van der Waals surface area contributed by atoms with Gasteiger partial charge in [0.1, 0.15) is 11.4 Å². The van der Waals surface area contributed by atoms with Gasteiger partial charge in [-0.05, 0) is 6.07 Å². The lowest BCUT2D eigenvalue weighted by Gasteiger charge is -2.34. The molecule has 0 unspecified atom stereocenters. The molecule has 1 amide bonds. The fourth-order valence-corrected chi connectivity index (χ4v) is 4.48. The average molecular weight is 470 g/mol. The topological polar surface area (TPSA) is 88.0 Å². The van der Waals surface area contributed by atoms with Crippen molar-refractivity contribution in [2.45, 2.75) is 5.16 Å². The minimum absolute atomic E-state index is 0.0654. The molecule has 0 radical (unpaired) electrons. The van der Waals surface area contributed by atoms with Crippen molar-refractivity contribution in [3.8, 4) is 22.5 Å². The smallest absolute Gasteiger partial charge is 0.233 e. The largest absolute Gasteiger partial charge is 0.338 e. The van der Waals surface area contributed by atoms with Crippen LogP contribution in [-0.4, -0.2) is 67.9 Å². The number of hydrogen-bond acceptors (Lipinski definition) is 8. The molecule has 9 heteroatoms. The van der Waals surface area contributed by atoms with E-state index in [1.807, 2.05) is 65.6 Å². The maximum absolute atomic E-state index is 12.8. The fourth-order valence-electron chi connectivity index (χ4n) is 3.79. The van der Waals surface area contributed by atoms with Crippen LogP contribution in [0.1, 0.15) is 0 Å². The second-order valence-electron chi connectivity index (χ2n) is 7.73. The Morgan fingerprint density at radius 2 is 1.38 bits per heavy atom. The SMILES string of the molecule is O=C(CSc1nnc(-c2ccccc2)c(-c2ccccc2)n1)N1CCN(c2ncccn2)CC1. The number of thioether (sulfide) groups is 1. The molecule has 2 aromatic carbocycles. The second-order valence-corrected chi connectivity index (χ2v) is 8.67. The number of carbonyl (C=O) groups excluding carboxylic acids is 1. The van der Waals surface area contributed by atoms with Gasteiger partial charge in [0.15, 0.2) is 0 Å². The first-order valence-corrected chi connectivity index (χ1v) is 12.0. The first-order valence-electron chi connectivity index (χ1n) is 11.1. The van der Waals surface area contributed by atoms with Gasteiger partial charge >= 0.3 is 0 Å². The summed E-state index contributed by atoms with van der Waals surface area (Å²) in [5.74, 6) is 1.04. The van der Waals surface area contributed by atoms with E-state index in [1.54, 1.807) is 18.5 Å². The molecular formula is C25H23N7OS. The molecule has 2 aromatic heterocycles. The van der Waals surface area contributed by atoms with Crippen LogP contribution in [0.3, 0.4) is 0 Å². The van der Waals surface area contributed by atoms with Crippen molar-refractivity contribution in [2.75, 3.05) is 36.8 Å². The van der Waals surface area contributed by atoms with E-state index in [9.17, 15) is 4.79 Å². The van der Waals surface area contributed by atoms with Crippen LogP contribution in [-0.2, 0) is 4.79 Å². The van der Waals surface area contributed by atoms with Gasteiger partial charge in [0, 0.05) is 49.7 Å². The zero-order valence-electron chi connectivity index (χ0n) is 18.5. The van der Waals surface area contributed by atoms with E-state index in [0.717, 1.165) is 22.5 Å². The highest BCUT2D eigenvalue weighted by molar-refractivity contribution is 7.99. The first kappa shape index (κ1) is 22.0. The summed E-state index contributed by atoms with van der Waals surface area (Å²) >= 11 is 1.32. The van der Waals surface area contributed by atoms with Gasteiger partial charge in [0.2, 0.25) is 17.0 Å². The van der Waals surface area contributed by atoms with Crippen molar-refractivity contribution in [3.63, 3.8) is 0 Å². The summed E-state index contributed by atoms with van der Waals surface area (Å²) in [6.07, 6.45) is 3.47. The number of hydrogen-bond donors (Lipinski definition) is 0. The molecule has 0 saturated carbocycles.